The topological polar surface area (TPSA) is 58.2 Å². The van der Waals surface area contributed by atoms with Gasteiger partial charge in [0.1, 0.15) is 5.82 Å². The summed E-state index contributed by atoms with van der Waals surface area (Å²) in [5, 5.41) is 5.16. The second-order valence-corrected chi connectivity index (χ2v) is 8.65. The first kappa shape index (κ1) is 21.0. The van der Waals surface area contributed by atoms with E-state index in [1.165, 1.54) is 41.6 Å². The highest BCUT2D eigenvalue weighted by molar-refractivity contribution is 8.01. The van der Waals surface area contributed by atoms with Crippen LogP contribution in [-0.4, -0.2) is 22.8 Å². The molecule has 2 aromatic carbocycles. The number of carbonyl (C=O) groups excluding carboxylic acids is 2. The normalized spacial score (nSPS) is 12.3. The van der Waals surface area contributed by atoms with Crippen molar-refractivity contribution in [1.29, 1.82) is 0 Å². The van der Waals surface area contributed by atoms with Crippen LogP contribution in [0, 0.1) is 5.82 Å². The molecule has 2 amide bonds. The van der Waals surface area contributed by atoms with Crippen LogP contribution in [0.3, 0.4) is 0 Å². The quantitative estimate of drug-likeness (QED) is 0.746. The number of hydrogen-bond acceptors (Lipinski definition) is 3. The molecular weight excluding hydrogens is 363 g/mol. The van der Waals surface area contributed by atoms with E-state index < -0.39 is 0 Å². The van der Waals surface area contributed by atoms with Gasteiger partial charge in [0, 0.05) is 11.4 Å². The van der Waals surface area contributed by atoms with Gasteiger partial charge >= 0.3 is 0 Å². The van der Waals surface area contributed by atoms with E-state index in [-0.39, 0.29) is 34.0 Å². The lowest BCUT2D eigenvalue weighted by atomic mass is 9.87. The highest BCUT2D eigenvalue weighted by Crippen LogP contribution is 2.24. The molecule has 144 valence electrons. The fraction of sp³-hybridized carbons (Fsp3) is 0.333. The zero-order valence-corrected chi connectivity index (χ0v) is 16.8. The summed E-state index contributed by atoms with van der Waals surface area (Å²) < 4.78 is 12.9. The Bertz CT molecular complexity index is 783. The third-order valence-electron chi connectivity index (χ3n) is 3.98. The monoisotopic (exact) mass is 388 g/mol. The molecule has 0 saturated heterocycles. The number of amides is 2. The van der Waals surface area contributed by atoms with E-state index >= 15 is 0 Å². The highest BCUT2D eigenvalue weighted by Gasteiger charge is 2.17. The summed E-state index contributed by atoms with van der Waals surface area (Å²) in [6.45, 7) is 8.16. The van der Waals surface area contributed by atoms with E-state index in [9.17, 15) is 14.0 Å². The zero-order chi connectivity index (χ0) is 20.0. The van der Waals surface area contributed by atoms with E-state index in [1.807, 2.05) is 24.3 Å². The molecule has 0 fully saturated rings. The molecule has 6 heteroatoms. The number of halogens is 1. The molecule has 2 N–H and O–H groups in total. The Morgan fingerprint density at radius 3 is 2.04 bits per heavy atom. The largest absolute Gasteiger partial charge is 0.325 e. The van der Waals surface area contributed by atoms with E-state index in [1.54, 1.807) is 6.92 Å². The summed E-state index contributed by atoms with van der Waals surface area (Å²) in [5.74, 6) is -0.614. The minimum absolute atomic E-state index is 0.0591. The molecule has 0 saturated carbocycles. The van der Waals surface area contributed by atoms with Crippen molar-refractivity contribution in [3.63, 3.8) is 0 Å². The number of anilines is 2. The van der Waals surface area contributed by atoms with E-state index in [0.29, 0.717) is 5.69 Å². The SMILES string of the molecule is CC(SCC(=O)Nc1ccc(F)cc1)C(=O)Nc1ccc(C(C)(C)C)cc1. The number of benzene rings is 2. The predicted octanol–water partition coefficient (Wildman–Crippen LogP) is 4.82. The van der Waals surface area contributed by atoms with Gasteiger partial charge in [0.15, 0.2) is 0 Å². The average Bonchev–Trinajstić information content (AvgIpc) is 2.61. The maximum Gasteiger partial charge on any atom is 0.237 e. The van der Waals surface area contributed by atoms with Crippen LogP contribution in [0.25, 0.3) is 0 Å². The van der Waals surface area contributed by atoms with E-state index in [4.69, 9.17) is 0 Å². The van der Waals surface area contributed by atoms with Crippen LogP contribution in [0.2, 0.25) is 0 Å². The molecular formula is C21H25FN2O2S. The molecule has 0 aliphatic heterocycles. The van der Waals surface area contributed by atoms with Crippen LogP contribution in [0.1, 0.15) is 33.3 Å². The van der Waals surface area contributed by atoms with Crippen LogP contribution >= 0.6 is 11.8 Å². The van der Waals surface area contributed by atoms with Gasteiger partial charge < -0.3 is 10.6 Å². The van der Waals surface area contributed by atoms with Gasteiger partial charge in [0.2, 0.25) is 11.8 Å². The summed E-state index contributed by atoms with van der Waals surface area (Å²) >= 11 is 1.24. The molecule has 0 bridgehead atoms. The lowest BCUT2D eigenvalue weighted by molar-refractivity contribution is -0.115. The third kappa shape index (κ3) is 6.71. The van der Waals surface area contributed by atoms with Gasteiger partial charge in [0.05, 0.1) is 11.0 Å². The first-order valence-electron chi connectivity index (χ1n) is 8.73. The number of carbonyl (C=O) groups is 2. The highest BCUT2D eigenvalue weighted by atomic mass is 32.2. The van der Waals surface area contributed by atoms with Gasteiger partial charge in [-0.1, -0.05) is 32.9 Å². The zero-order valence-electron chi connectivity index (χ0n) is 16.0. The summed E-state index contributed by atoms with van der Waals surface area (Å²) in [4.78, 5) is 24.3. The Hall–Kier alpha value is -2.34. The molecule has 0 aliphatic rings. The molecule has 4 nitrogen and oxygen atoms in total. The van der Waals surface area contributed by atoms with Crippen LogP contribution in [0.4, 0.5) is 15.8 Å². The van der Waals surface area contributed by atoms with Gasteiger partial charge in [-0.25, -0.2) is 4.39 Å². The van der Waals surface area contributed by atoms with Crippen LogP contribution in [0.5, 0.6) is 0 Å². The molecule has 2 aromatic rings. The maximum atomic E-state index is 12.9. The van der Waals surface area contributed by atoms with Crippen molar-refractivity contribution in [3.05, 3.63) is 59.9 Å². The molecule has 1 atom stereocenters. The van der Waals surface area contributed by atoms with E-state index in [2.05, 4.69) is 31.4 Å². The van der Waals surface area contributed by atoms with Gasteiger partial charge in [-0.05, 0) is 54.3 Å². The first-order chi connectivity index (χ1) is 12.6. The Morgan fingerprint density at radius 1 is 0.963 bits per heavy atom. The van der Waals surface area contributed by atoms with Crippen LogP contribution in [0.15, 0.2) is 48.5 Å². The van der Waals surface area contributed by atoms with E-state index in [0.717, 1.165) is 5.69 Å². The van der Waals surface area contributed by atoms with Crippen molar-refractivity contribution in [2.24, 2.45) is 0 Å². The van der Waals surface area contributed by atoms with Crippen LogP contribution < -0.4 is 10.6 Å². The van der Waals surface area contributed by atoms with Crippen molar-refractivity contribution in [3.8, 4) is 0 Å². The summed E-state index contributed by atoms with van der Waals surface area (Å²) in [6.07, 6.45) is 0. The van der Waals surface area contributed by atoms with Crippen LogP contribution in [-0.2, 0) is 15.0 Å². The van der Waals surface area contributed by atoms with Gasteiger partial charge in [-0.15, -0.1) is 11.8 Å². The minimum atomic E-state index is -0.383. The molecule has 1 unspecified atom stereocenters. The van der Waals surface area contributed by atoms with Crippen molar-refractivity contribution < 1.29 is 14.0 Å². The van der Waals surface area contributed by atoms with Crippen molar-refractivity contribution in [2.45, 2.75) is 38.4 Å². The fourth-order valence-corrected chi connectivity index (χ4v) is 2.99. The molecule has 0 spiro atoms. The first-order valence-corrected chi connectivity index (χ1v) is 9.78. The summed E-state index contributed by atoms with van der Waals surface area (Å²) in [5.41, 5.74) is 2.51. The second-order valence-electron chi connectivity index (χ2n) is 7.32. The molecule has 0 radical (unpaired) electrons. The average molecular weight is 389 g/mol. The number of thioether (sulfide) groups is 1. The summed E-state index contributed by atoms with van der Waals surface area (Å²) in [7, 11) is 0. The second kappa shape index (κ2) is 9.04. The molecule has 2 rings (SSSR count). The number of hydrogen-bond donors (Lipinski definition) is 2. The summed E-state index contributed by atoms with van der Waals surface area (Å²) in [6, 6.07) is 13.3. The third-order valence-corrected chi connectivity index (χ3v) is 5.12. The minimum Gasteiger partial charge on any atom is -0.325 e. The predicted molar refractivity (Wildman–Crippen MR) is 111 cm³/mol. The Morgan fingerprint density at radius 2 is 1.48 bits per heavy atom. The Kier molecular flexibility index (Phi) is 7.02. The maximum absolute atomic E-state index is 12.9. The van der Waals surface area contributed by atoms with Crippen molar-refractivity contribution in [1.82, 2.24) is 0 Å². The molecule has 0 aliphatic carbocycles. The van der Waals surface area contributed by atoms with Crippen molar-refractivity contribution >= 4 is 35.0 Å². The molecule has 0 heterocycles. The van der Waals surface area contributed by atoms with Gasteiger partial charge in [-0.3, -0.25) is 9.59 Å². The van der Waals surface area contributed by atoms with Gasteiger partial charge in [0.25, 0.3) is 0 Å². The van der Waals surface area contributed by atoms with Gasteiger partial charge in [-0.2, -0.15) is 0 Å². The molecule has 0 aromatic heterocycles. The lowest BCUT2D eigenvalue weighted by Crippen LogP contribution is -2.25. The number of nitrogens with one attached hydrogen (secondary N) is 2. The number of rotatable bonds is 6. The Balaban J connectivity index is 1.81. The lowest BCUT2D eigenvalue weighted by Gasteiger charge is -2.19. The molecule has 27 heavy (non-hydrogen) atoms. The Labute approximate surface area is 163 Å². The fourth-order valence-electron chi connectivity index (χ4n) is 2.30. The smallest absolute Gasteiger partial charge is 0.237 e. The standard InChI is InChI=1S/C21H25FN2O2S/c1-14(27-13-19(25)23-17-11-7-16(22)8-12-17)20(26)24-18-9-5-15(6-10-18)21(2,3)4/h5-12,14H,13H2,1-4H3,(H,23,25)(H,24,26). The van der Waals surface area contributed by atoms with Crippen molar-refractivity contribution in [2.75, 3.05) is 16.4 Å².